The quantitative estimate of drug-likeness (QED) is 0.602. The molecule has 0 bridgehead atoms. The molecule has 110 valence electrons. The molecule has 0 radical (unpaired) electrons. The summed E-state index contributed by atoms with van der Waals surface area (Å²) >= 11 is 0. The van der Waals surface area contributed by atoms with Crippen LogP contribution < -0.4 is 11.5 Å². The van der Waals surface area contributed by atoms with Crippen LogP contribution in [0.5, 0.6) is 0 Å². The predicted molar refractivity (Wildman–Crippen MR) is 73.7 cm³/mol. The summed E-state index contributed by atoms with van der Waals surface area (Å²) in [6.45, 7) is 0.183. The molecule has 0 fully saturated rings. The van der Waals surface area contributed by atoms with Crippen LogP contribution in [-0.4, -0.2) is 29.1 Å². The molecule has 1 rings (SSSR count). The number of esters is 1. The lowest BCUT2D eigenvalue weighted by Gasteiger charge is -2.12. The average Bonchev–Trinajstić information content (AvgIpc) is 2.45. The number of nitrogens with two attached hydrogens (primary N) is 2. The molecule has 0 aliphatic heterocycles. The average molecular weight is 280 g/mol. The van der Waals surface area contributed by atoms with Crippen LogP contribution in [0.2, 0.25) is 0 Å². The number of hydrogen-bond donors (Lipinski definition) is 3. The second-order valence-electron chi connectivity index (χ2n) is 4.58. The van der Waals surface area contributed by atoms with E-state index in [2.05, 4.69) is 0 Å². The maximum absolute atomic E-state index is 11.6. The van der Waals surface area contributed by atoms with E-state index in [0.717, 1.165) is 5.56 Å². The Bertz CT molecular complexity index is 436. The highest BCUT2D eigenvalue weighted by Gasteiger charge is 2.17. The zero-order chi connectivity index (χ0) is 15.0. The summed E-state index contributed by atoms with van der Waals surface area (Å²) in [5, 5.41) is 8.62. The van der Waals surface area contributed by atoms with Crippen molar-refractivity contribution in [3.8, 4) is 0 Å². The number of ether oxygens (including phenoxy) is 1. The van der Waals surface area contributed by atoms with Gasteiger partial charge in [-0.2, -0.15) is 0 Å². The predicted octanol–water partition coefficient (Wildman–Crippen LogP) is 0.639. The monoisotopic (exact) mass is 280 g/mol. The molecule has 0 saturated heterocycles. The summed E-state index contributed by atoms with van der Waals surface area (Å²) in [6.07, 6.45) is 1.11. The minimum absolute atomic E-state index is 0.183. The zero-order valence-electron chi connectivity index (χ0n) is 11.2. The van der Waals surface area contributed by atoms with Crippen LogP contribution in [-0.2, 0) is 20.9 Å². The third kappa shape index (κ3) is 5.81. The van der Waals surface area contributed by atoms with E-state index in [9.17, 15) is 9.59 Å². The van der Waals surface area contributed by atoms with Crippen LogP contribution >= 0.6 is 0 Å². The fourth-order valence-corrected chi connectivity index (χ4v) is 1.63. The fourth-order valence-electron chi connectivity index (χ4n) is 1.63. The maximum atomic E-state index is 11.6. The van der Waals surface area contributed by atoms with Crippen LogP contribution in [0.3, 0.4) is 0 Å². The van der Waals surface area contributed by atoms with Crippen molar-refractivity contribution < 1.29 is 19.4 Å². The summed E-state index contributed by atoms with van der Waals surface area (Å²) in [5.41, 5.74) is 11.9. The van der Waals surface area contributed by atoms with E-state index < -0.39 is 24.0 Å². The van der Waals surface area contributed by atoms with Gasteiger partial charge in [0.1, 0.15) is 18.7 Å². The highest BCUT2D eigenvalue weighted by atomic mass is 16.5. The van der Waals surface area contributed by atoms with Gasteiger partial charge in [-0.25, -0.2) is 0 Å². The summed E-state index contributed by atoms with van der Waals surface area (Å²) < 4.78 is 5.08. The van der Waals surface area contributed by atoms with Crippen molar-refractivity contribution in [2.75, 3.05) is 0 Å². The van der Waals surface area contributed by atoms with Crippen LogP contribution in [0.15, 0.2) is 30.3 Å². The Morgan fingerprint density at radius 3 is 2.30 bits per heavy atom. The maximum Gasteiger partial charge on any atom is 0.323 e. The van der Waals surface area contributed by atoms with Crippen molar-refractivity contribution in [2.45, 2.75) is 38.0 Å². The first-order chi connectivity index (χ1) is 9.50. The van der Waals surface area contributed by atoms with Gasteiger partial charge < -0.3 is 21.3 Å². The second kappa shape index (κ2) is 8.29. The second-order valence-corrected chi connectivity index (χ2v) is 4.58. The number of aliphatic carboxylic acids is 1. The van der Waals surface area contributed by atoms with Gasteiger partial charge in [-0.3, -0.25) is 9.59 Å². The molecule has 1 aromatic rings. The van der Waals surface area contributed by atoms with Crippen molar-refractivity contribution in [3.05, 3.63) is 35.9 Å². The molecule has 0 saturated carbocycles. The summed E-state index contributed by atoms with van der Waals surface area (Å²) in [6, 6.07) is 7.63. The van der Waals surface area contributed by atoms with Gasteiger partial charge in [0.25, 0.3) is 0 Å². The van der Waals surface area contributed by atoms with Crippen molar-refractivity contribution in [1.82, 2.24) is 0 Å². The minimum atomic E-state index is -1.05. The Morgan fingerprint density at radius 1 is 1.10 bits per heavy atom. The normalized spacial score (nSPS) is 13.5. The molecule has 0 spiro atoms. The van der Waals surface area contributed by atoms with Crippen molar-refractivity contribution in [2.24, 2.45) is 11.5 Å². The van der Waals surface area contributed by atoms with Gasteiger partial charge in [-0.05, 0) is 24.8 Å². The molecule has 0 aliphatic carbocycles. The molecule has 1 aromatic carbocycles. The standard InChI is InChI=1S/C14H20N2O4/c15-11(13(17)18)7-4-8-12(16)14(19)20-9-10-5-2-1-3-6-10/h1-3,5-6,11-12H,4,7-9,15-16H2,(H,17,18)/t11-,12-/m0/s1. The molecule has 0 unspecified atom stereocenters. The Hall–Kier alpha value is -1.92. The Kier molecular flexibility index (Phi) is 6.69. The molecule has 6 heteroatoms. The number of carbonyl (C=O) groups is 2. The topological polar surface area (TPSA) is 116 Å². The van der Waals surface area contributed by atoms with Crippen LogP contribution in [0.1, 0.15) is 24.8 Å². The van der Waals surface area contributed by atoms with E-state index in [1.807, 2.05) is 30.3 Å². The van der Waals surface area contributed by atoms with Gasteiger partial charge >= 0.3 is 11.9 Å². The van der Waals surface area contributed by atoms with Gasteiger partial charge in [0.15, 0.2) is 0 Å². The Morgan fingerprint density at radius 2 is 1.70 bits per heavy atom. The number of carboxylic acids is 1. The molecule has 0 heterocycles. The molecule has 0 aliphatic rings. The van der Waals surface area contributed by atoms with E-state index in [4.69, 9.17) is 21.3 Å². The number of rotatable bonds is 8. The first kappa shape index (κ1) is 16.1. The third-order valence-corrected chi connectivity index (χ3v) is 2.87. The Labute approximate surface area is 117 Å². The largest absolute Gasteiger partial charge is 0.480 e. The van der Waals surface area contributed by atoms with E-state index in [-0.39, 0.29) is 13.0 Å². The Balaban J connectivity index is 2.24. The van der Waals surface area contributed by atoms with Gasteiger partial charge in [0, 0.05) is 0 Å². The molecule has 20 heavy (non-hydrogen) atoms. The summed E-state index contributed by atoms with van der Waals surface area (Å²) in [7, 11) is 0. The molecule has 6 nitrogen and oxygen atoms in total. The first-order valence-electron chi connectivity index (χ1n) is 6.45. The van der Waals surface area contributed by atoms with Crippen molar-refractivity contribution in [3.63, 3.8) is 0 Å². The lowest BCUT2D eigenvalue weighted by atomic mass is 10.1. The van der Waals surface area contributed by atoms with Gasteiger partial charge in [0.2, 0.25) is 0 Å². The highest BCUT2D eigenvalue weighted by molar-refractivity contribution is 5.75. The third-order valence-electron chi connectivity index (χ3n) is 2.87. The van der Waals surface area contributed by atoms with E-state index in [1.165, 1.54) is 0 Å². The lowest BCUT2D eigenvalue weighted by Crippen LogP contribution is -2.34. The highest BCUT2D eigenvalue weighted by Crippen LogP contribution is 2.06. The molecule has 0 amide bonds. The molecule has 0 aromatic heterocycles. The molecular weight excluding hydrogens is 260 g/mol. The van der Waals surface area contributed by atoms with Crippen LogP contribution in [0.25, 0.3) is 0 Å². The SMILES string of the molecule is N[C@@H](CCC[C@H](N)C(=O)OCc1ccccc1)C(=O)O. The van der Waals surface area contributed by atoms with E-state index >= 15 is 0 Å². The van der Waals surface area contributed by atoms with Crippen LogP contribution in [0.4, 0.5) is 0 Å². The minimum Gasteiger partial charge on any atom is -0.480 e. The van der Waals surface area contributed by atoms with E-state index in [1.54, 1.807) is 0 Å². The molecular formula is C14H20N2O4. The molecule has 5 N–H and O–H groups in total. The number of hydrogen-bond acceptors (Lipinski definition) is 5. The fraction of sp³-hybridized carbons (Fsp3) is 0.429. The van der Waals surface area contributed by atoms with Gasteiger partial charge in [-0.1, -0.05) is 30.3 Å². The van der Waals surface area contributed by atoms with Crippen LogP contribution in [0, 0.1) is 0 Å². The summed E-state index contributed by atoms with van der Waals surface area (Å²) in [4.78, 5) is 22.2. The smallest absolute Gasteiger partial charge is 0.323 e. The van der Waals surface area contributed by atoms with Crippen molar-refractivity contribution in [1.29, 1.82) is 0 Å². The zero-order valence-corrected chi connectivity index (χ0v) is 11.2. The number of carbonyl (C=O) groups excluding carboxylic acids is 1. The number of benzene rings is 1. The van der Waals surface area contributed by atoms with Gasteiger partial charge in [0.05, 0.1) is 0 Å². The van der Waals surface area contributed by atoms with Gasteiger partial charge in [-0.15, -0.1) is 0 Å². The summed E-state index contributed by atoms with van der Waals surface area (Å²) in [5.74, 6) is -1.54. The molecule has 2 atom stereocenters. The lowest BCUT2D eigenvalue weighted by molar-refractivity contribution is -0.146. The van der Waals surface area contributed by atoms with Crippen molar-refractivity contribution >= 4 is 11.9 Å². The first-order valence-corrected chi connectivity index (χ1v) is 6.45. The van der Waals surface area contributed by atoms with E-state index in [0.29, 0.717) is 12.8 Å². The number of carboxylic acid groups (broad SMARTS) is 1.